The molecule has 2 aromatic rings. The Labute approximate surface area is 158 Å². The van der Waals surface area contributed by atoms with Crippen molar-refractivity contribution in [2.75, 3.05) is 30.8 Å². The van der Waals surface area contributed by atoms with Gasteiger partial charge in [-0.1, -0.05) is 17.7 Å². The number of halogens is 1. The average Bonchev–Trinajstić information content (AvgIpc) is 2.58. The van der Waals surface area contributed by atoms with E-state index in [1.54, 1.807) is 49.4 Å². The summed E-state index contributed by atoms with van der Waals surface area (Å²) >= 11 is 5.94. The van der Waals surface area contributed by atoms with Gasteiger partial charge in [0.25, 0.3) is 5.91 Å². The number of methoxy groups -OCH3 is 1. The summed E-state index contributed by atoms with van der Waals surface area (Å²) in [7, 11) is -1.98. The van der Waals surface area contributed by atoms with Crippen molar-refractivity contribution in [2.24, 2.45) is 0 Å². The van der Waals surface area contributed by atoms with Crippen LogP contribution in [0, 0.1) is 6.92 Å². The van der Waals surface area contributed by atoms with Crippen molar-refractivity contribution in [1.29, 1.82) is 0 Å². The number of hydrogen-bond acceptors (Lipinski definition) is 4. The normalized spacial score (nSPS) is 11.1. The lowest BCUT2D eigenvalue weighted by Crippen LogP contribution is -2.38. The minimum atomic E-state index is -3.51. The van der Waals surface area contributed by atoms with Crippen molar-refractivity contribution in [3.63, 3.8) is 0 Å². The van der Waals surface area contributed by atoms with Crippen LogP contribution in [0.15, 0.2) is 42.5 Å². The fraction of sp³-hybridized carbons (Fsp3) is 0.278. The Morgan fingerprint density at radius 3 is 2.58 bits per heavy atom. The molecule has 8 heteroatoms. The standard InChI is InChI=1S/C18H21ClN2O4S/c1-13-11-15(19)7-8-17(13)21(26(3,23)24)10-9-20-18(22)14-5-4-6-16(12-14)25-2/h4-8,11-12H,9-10H2,1-3H3,(H,20,22). The van der Waals surface area contributed by atoms with Crippen molar-refractivity contribution in [1.82, 2.24) is 5.32 Å². The second-order valence-electron chi connectivity index (χ2n) is 5.75. The third kappa shape index (κ3) is 5.12. The van der Waals surface area contributed by atoms with Crippen LogP contribution in [0.25, 0.3) is 0 Å². The SMILES string of the molecule is COc1cccc(C(=O)NCCN(c2ccc(Cl)cc2C)S(C)(=O)=O)c1. The van der Waals surface area contributed by atoms with Gasteiger partial charge in [-0.3, -0.25) is 9.10 Å². The number of aryl methyl sites for hydroxylation is 1. The minimum Gasteiger partial charge on any atom is -0.497 e. The fourth-order valence-electron chi connectivity index (χ4n) is 2.50. The van der Waals surface area contributed by atoms with Crippen LogP contribution in [0.4, 0.5) is 5.69 Å². The van der Waals surface area contributed by atoms with Crippen LogP contribution in [-0.2, 0) is 10.0 Å². The molecule has 0 aliphatic rings. The molecular weight excluding hydrogens is 376 g/mol. The van der Waals surface area contributed by atoms with Crippen LogP contribution in [0.3, 0.4) is 0 Å². The zero-order valence-electron chi connectivity index (χ0n) is 14.8. The first-order valence-electron chi connectivity index (χ1n) is 7.88. The van der Waals surface area contributed by atoms with Gasteiger partial charge in [-0.15, -0.1) is 0 Å². The molecule has 0 saturated carbocycles. The van der Waals surface area contributed by atoms with E-state index in [1.807, 2.05) is 0 Å². The van der Waals surface area contributed by atoms with Gasteiger partial charge >= 0.3 is 0 Å². The summed E-state index contributed by atoms with van der Waals surface area (Å²) in [5.74, 6) is 0.275. The van der Waals surface area contributed by atoms with E-state index in [1.165, 1.54) is 11.4 Å². The predicted octanol–water partition coefficient (Wildman–Crippen LogP) is 2.85. The number of carbonyl (C=O) groups is 1. The summed E-state index contributed by atoms with van der Waals surface area (Å²) < 4.78 is 30.7. The molecule has 1 amide bonds. The van der Waals surface area contributed by atoms with E-state index >= 15 is 0 Å². The number of sulfonamides is 1. The number of nitrogens with zero attached hydrogens (tertiary/aromatic N) is 1. The van der Waals surface area contributed by atoms with E-state index in [0.717, 1.165) is 11.8 Å². The van der Waals surface area contributed by atoms with Gasteiger partial charge in [-0.05, 0) is 48.9 Å². The zero-order valence-corrected chi connectivity index (χ0v) is 16.4. The smallest absolute Gasteiger partial charge is 0.251 e. The summed E-state index contributed by atoms with van der Waals surface area (Å²) in [6.07, 6.45) is 1.13. The highest BCUT2D eigenvalue weighted by Crippen LogP contribution is 2.25. The molecule has 0 saturated heterocycles. The van der Waals surface area contributed by atoms with Crippen molar-refractivity contribution < 1.29 is 17.9 Å². The van der Waals surface area contributed by atoms with Gasteiger partial charge in [0.15, 0.2) is 0 Å². The van der Waals surface area contributed by atoms with Gasteiger partial charge in [0.2, 0.25) is 10.0 Å². The Kier molecular flexibility index (Phi) is 6.50. The lowest BCUT2D eigenvalue weighted by Gasteiger charge is -2.24. The maximum Gasteiger partial charge on any atom is 0.251 e. The average molecular weight is 397 g/mol. The van der Waals surface area contributed by atoms with E-state index < -0.39 is 10.0 Å². The van der Waals surface area contributed by atoms with Crippen LogP contribution in [0.2, 0.25) is 5.02 Å². The monoisotopic (exact) mass is 396 g/mol. The minimum absolute atomic E-state index is 0.108. The molecule has 0 aliphatic heterocycles. The van der Waals surface area contributed by atoms with E-state index in [-0.39, 0.29) is 19.0 Å². The zero-order chi connectivity index (χ0) is 19.3. The fourth-order valence-corrected chi connectivity index (χ4v) is 3.71. The van der Waals surface area contributed by atoms with E-state index in [9.17, 15) is 13.2 Å². The third-order valence-corrected chi connectivity index (χ3v) is 5.18. The van der Waals surface area contributed by atoms with Crippen LogP contribution >= 0.6 is 11.6 Å². The largest absolute Gasteiger partial charge is 0.497 e. The maximum atomic E-state index is 12.2. The second-order valence-corrected chi connectivity index (χ2v) is 8.10. The molecule has 0 radical (unpaired) electrons. The summed E-state index contributed by atoms with van der Waals surface area (Å²) in [6, 6.07) is 11.7. The Morgan fingerprint density at radius 2 is 1.96 bits per heavy atom. The van der Waals surface area contributed by atoms with Crippen LogP contribution in [0.1, 0.15) is 15.9 Å². The molecule has 0 aromatic heterocycles. The van der Waals surface area contributed by atoms with E-state index in [4.69, 9.17) is 16.3 Å². The highest BCUT2D eigenvalue weighted by molar-refractivity contribution is 7.92. The van der Waals surface area contributed by atoms with E-state index in [2.05, 4.69) is 5.32 Å². The molecule has 0 atom stereocenters. The number of nitrogens with one attached hydrogen (secondary N) is 1. The van der Waals surface area contributed by atoms with Gasteiger partial charge in [0, 0.05) is 17.1 Å². The first-order chi connectivity index (χ1) is 12.2. The second kappa shape index (κ2) is 8.42. The number of rotatable bonds is 7. The highest BCUT2D eigenvalue weighted by atomic mass is 35.5. The quantitative estimate of drug-likeness (QED) is 0.780. The number of amides is 1. The molecule has 1 N–H and O–H groups in total. The van der Waals surface area contributed by atoms with Crippen molar-refractivity contribution in [3.05, 3.63) is 58.6 Å². The van der Waals surface area contributed by atoms with Crippen LogP contribution < -0.4 is 14.4 Å². The molecule has 6 nitrogen and oxygen atoms in total. The van der Waals surface area contributed by atoms with Crippen molar-refractivity contribution in [3.8, 4) is 5.75 Å². The number of benzene rings is 2. The molecule has 0 unspecified atom stereocenters. The lowest BCUT2D eigenvalue weighted by atomic mass is 10.2. The number of hydrogen-bond donors (Lipinski definition) is 1. The Hall–Kier alpha value is -2.25. The molecule has 0 heterocycles. The van der Waals surface area contributed by atoms with E-state index in [0.29, 0.717) is 22.0 Å². The summed E-state index contributed by atoms with van der Waals surface area (Å²) in [6.45, 7) is 2.05. The molecule has 2 aromatic carbocycles. The summed E-state index contributed by atoms with van der Waals surface area (Å²) in [5, 5.41) is 3.26. The highest BCUT2D eigenvalue weighted by Gasteiger charge is 2.19. The van der Waals surface area contributed by atoms with Gasteiger partial charge in [-0.25, -0.2) is 8.42 Å². The van der Waals surface area contributed by atoms with Gasteiger partial charge in [-0.2, -0.15) is 0 Å². The van der Waals surface area contributed by atoms with Crippen LogP contribution in [-0.4, -0.2) is 40.8 Å². The van der Waals surface area contributed by atoms with Crippen LogP contribution in [0.5, 0.6) is 5.75 Å². The summed E-state index contributed by atoms with van der Waals surface area (Å²) in [5.41, 5.74) is 1.72. The molecule has 0 bridgehead atoms. The molecule has 140 valence electrons. The van der Waals surface area contributed by atoms with Gasteiger partial charge in [0.05, 0.1) is 25.6 Å². The Morgan fingerprint density at radius 1 is 1.23 bits per heavy atom. The molecule has 26 heavy (non-hydrogen) atoms. The Bertz CT molecular complexity index is 900. The third-order valence-electron chi connectivity index (χ3n) is 3.76. The number of carbonyl (C=O) groups excluding carboxylic acids is 1. The Balaban J connectivity index is 2.09. The molecular formula is C18H21ClN2O4S. The van der Waals surface area contributed by atoms with Crippen molar-refractivity contribution in [2.45, 2.75) is 6.92 Å². The first-order valence-corrected chi connectivity index (χ1v) is 10.1. The first kappa shape index (κ1) is 20.1. The number of anilines is 1. The maximum absolute atomic E-state index is 12.2. The summed E-state index contributed by atoms with van der Waals surface area (Å²) in [4.78, 5) is 12.2. The predicted molar refractivity (Wildman–Crippen MR) is 104 cm³/mol. The van der Waals surface area contributed by atoms with Gasteiger partial charge in [0.1, 0.15) is 5.75 Å². The molecule has 0 aliphatic carbocycles. The van der Waals surface area contributed by atoms with Crippen molar-refractivity contribution >= 4 is 33.2 Å². The topological polar surface area (TPSA) is 75.7 Å². The lowest BCUT2D eigenvalue weighted by molar-refractivity contribution is 0.0954. The molecule has 0 spiro atoms. The number of ether oxygens (including phenoxy) is 1. The van der Waals surface area contributed by atoms with Gasteiger partial charge < -0.3 is 10.1 Å². The molecule has 0 fully saturated rings. The molecule has 2 rings (SSSR count).